The van der Waals surface area contributed by atoms with Crippen LogP contribution in [0, 0.1) is 18.3 Å². The van der Waals surface area contributed by atoms with Crippen LogP contribution in [-0.4, -0.2) is 48.9 Å². The molecule has 0 aromatic heterocycles. The lowest BCUT2D eigenvalue weighted by molar-refractivity contribution is -0.128. The monoisotopic (exact) mass is 333 g/mol. The lowest BCUT2D eigenvalue weighted by Gasteiger charge is -2.39. The maximum Gasteiger partial charge on any atom is 0.231 e. The van der Waals surface area contributed by atoms with Gasteiger partial charge < -0.3 is 9.80 Å². The molecular formula is C19H26ClN2O. The lowest BCUT2D eigenvalue weighted by Crippen LogP contribution is -2.42. The van der Waals surface area contributed by atoms with Gasteiger partial charge in [0.1, 0.15) is 0 Å². The fourth-order valence-electron chi connectivity index (χ4n) is 3.91. The van der Waals surface area contributed by atoms with E-state index in [0.717, 1.165) is 43.3 Å². The average molecular weight is 334 g/mol. The van der Waals surface area contributed by atoms with Gasteiger partial charge >= 0.3 is 0 Å². The molecule has 2 aliphatic rings. The zero-order valence-corrected chi connectivity index (χ0v) is 14.6. The van der Waals surface area contributed by atoms with E-state index in [2.05, 4.69) is 11.9 Å². The third-order valence-corrected chi connectivity index (χ3v) is 5.81. The molecule has 2 heterocycles. The van der Waals surface area contributed by atoms with Crippen LogP contribution in [0.5, 0.6) is 0 Å². The zero-order chi connectivity index (χ0) is 16.2. The highest BCUT2D eigenvalue weighted by molar-refractivity contribution is 6.31. The van der Waals surface area contributed by atoms with Crippen molar-refractivity contribution in [3.8, 4) is 0 Å². The number of rotatable bonds is 3. The van der Waals surface area contributed by atoms with Crippen LogP contribution in [-0.2, 0) is 4.79 Å². The summed E-state index contributed by atoms with van der Waals surface area (Å²) in [5.41, 5.74) is 0.816. The van der Waals surface area contributed by atoms with E-state index >= 15 is 0 Å². The van der Waals surface area contributed by atoms with Gasteiger partial charge in [-0.25, -0.2) is 0 Å². The topological polar surface area (TPSA) is 23.6 Å². The summed E-state index contributed by atoms with van der Waals surface area (Å²) in [4.78, 5) is 16.9. The SMILES string of the molecule is CN1CCC(C2CCN(C(=O)[CH]c3ccccc3Cl)CC2)CC1. The Morgan fingerprint density at radius 2 is 1.61 bits per heavy atom. The Balaban J connectivity index is 1.49. The fraction of sp³-hybridized carbons (Fsp3) is 0.579. The number of amides is 1. The summed E-state index contributed by atoms with van der Waals surface area (Å²) >= 11 is 6.14. The Bertz CT molecular complexity index is 532. The summed E-state index contributed by atoms with van der Waals surface area (Å²) in [6.07, 6.45) is 6.62. The molecule has 2 aliphatic heterocycles. The number of benzene rings is 1. The van der Waals surface area contributed by atoms with Gasteiger partial charge in [-0.1, -0.05) is 29.8 Å². The highest BCUT2D eigenvalue weighted by Gasteiger charge is 2.30. The van der Waals surface area contributed by atoms with Crippen LogP contribution in [0.25, 0.3) is 0 Å². The number of halogens is 1. The van der Waals surface area contributed by atoms with E-state index in [1.165, 1.54) is 25.9 Å². The van der Waals surface area contributed by atoms with Crippen LogP contribution in [0.1, 0.15) is 31.2 Å². The van der Waals surface area contributed by atoms with Crippen molar-refractivity contribution < 1.29 is 4.79 Å². The Labute approximate surface area is 144 Å². The van der Waals surface area contributed by atoms with Crippen molar-refractivity contribution in [2.24, 2.45) is 11.8 Å². The summed E-state index contributed by atoms with van der Waals surface area (Å²) in [5, 5.41) is 0.641. The molecule has 1 radical (unpaired) electrons. The summed E-state index contributed by atoms with van der Waals surface area (Å²) in [7, 11) is 2.21. The summed E-state index contributed by atoms with van der Waals surface area (Å²) in [6.45, 7) is 4.22. The van der Waals surface area contributed by atoms with Crippen molar-refractivity contribution in [3.05, 3.63) is 41.3 Å². The van der Waals surface area contributed by atoms with Gasteiger partial charge in [0, 0.05) is 18.1 Å². The number of hydrogen-bond donors (Lipinski definition) is 0. The second kappa shape index (κ2) is 7.67. The molecule has 0 aliphatic carbocycles. The number of piperidine rings is 2. The van der Waals surface area contributed by atoms with Crippen molar-refractivity contribution in [3.63, 3.8) is 0 Å². The maximum atomic E-state index is 12.5. The molecule has 0 unspecified atom stereocenters. The molecule has 1 aromatic rings. The van der Waals surface area contributed by atoms with E-state index in [0.29, 0.717) is 5.02 Å². The minimum Gasteiger partial charge on any atom is -0.342 e. The van der Waals surface area contributed by atoms with Gasteiger partial charge in [-0.05, 0) is 69.3 Å². The second-order valence-electron chi connectivity index (χ2n) is 6.97. The first-order valence-electron chi connectivity index (χ1n) is 8.70. The van der Waals surface area contributed by atoms with E-state index < -0.39 is 0 Å². The molecule has 0 saturated carbocycles. The first-order chi connectivity index (χ1) is 11.1. The van der Waals surface area contributed by atoms with Gasteiger partial charge in [-0.15, -0.1) is 0 Å². The zero-order valence-electron chi connectivity index (χ0n) is 13.9. The van der Waals surface area contributed by atoms with Gasteiger partial charge in [0.2, 0.25) is 5.91 Å². The molecular weight excluding hydrogens is 308 g/mol. The summed E-state index contributed by atoms with van der Waals surface area (Å²) < 4.78 is 0. The van der Waals surface area contributed by atoms with Crippen molar-refractivity contribution in [2.75, 3.05) is 33.2 Å². The maximum absolute atomic E-state index is 12.5. The molecule has 0 atom stereocenters. The number of likely N-dealkylation sites (tertiary alicyclic amines) is 2. The lowest BCUT2D eigenvalue weighted by atomic mass is 9.79. The molecule has 0 bridgehead atoms. The van der Waals surface area contributed by atoms with E-state index in [9.17, 15) is 4.79 Å². The number of carbonyl (C=O) groups excluding carboxylic acids is 1. The number of nitrogens with zero attached hydrogens (tertiary/aromatic N) is 2. The van der Waals surface area contributed by atoms with Gasteiger partial charge in [-0.2, -0.15) is 0 Å². The molecule has 4 heteroatoms. The third kappa shape index (κ3) is 4.27. The first kappa shape index (κ1) is 16.8. The summed E-state index contributed by atoms with van der Waals surface area (Å²) in [6, 6.07) is 7.52. The third-order valence-electron chi connectivity index (χ3n) is 5.47. The molecule has 0 N–H and O–H groups in total. The van der Waals surface area contributed by atoms with Crippen LogP contribution in [0.15, 0.2) is 24.3 Å². The van der Waals surface area contributed by atoms with E-state index in [-0.39, 0.29) is 5.91 Å². The standard InChI is InChI=1S/C19H26ClN2O/c1-21-10-6-15(7-11-21)16-8-12-22(13-9-16)19(23)14-17-4-2-3-5-18(17)20/h2-5,14-16H,6-13H2,1H3. The molecule has 1 amide bonds. The van der Waals surface area contributed by atoms with Crippen LogP contribution < -0.4 is 0 Å². The number of hydrogen-bond acceptors (Lipinski definition) is 2. The van der Waals surface area contributed by atoms with Crippen molar-refractivity contribution in [1.82, 2.24) is 9.80 Å². The summed E-state index contributed by atoms with van der Waals surface area (Å²) in [5.74, 6) is 1.75. The van der Waals surface area contributed by atoms with Crippen LogP contribution in [0.4, 0.5) is 0 Å². The Morgan fingerprint density at radius 1 is 1.04 bits per heavy atom. The number of carbonyl (C=O) groups is 1. The fourth-order valence-corrected chi connectivity index (χ4v) is 4.10. The predicted molar refractivity (Wildman–Crippen MR) is 94.4 cm³/mol. The van der Waals surface area contributed by atoms with Gasteiger partial charge in [0.15, 0.2) is 0 Å². The minimum absolute atomic E-state index is 0.0972. The Morgan fingerprint density at radius 3 is 2.22 bits per heavy atom. The van der Waals surface area contributed by atoms with E-state index in [1.807, 2.05) is 29.2 Å². The van der Waals surface area contributed by atoms with Crippen LogP contribution in [0.3, 0.4) is 0 Å². The quantitative estimate of drug-likeness (QED) is 0.845. The normalized spacial score (nSPS) is 21.6. The molecule has 125 valence electrons. The van der Waals surface area contributed by atoms with Crippen molar-refractivity contribution >= 4 is 17.5 Å². The van der Waals surface area contributed by atoms with E-state index in [1.54, 1.807) is 6.42 Å². The first-order valence-corrected chi connectivity index (χ1v) is 9.08. The Kier molecular flexibility index (Phi) is 5.60. The predicted octanol–water partition coefficient (Wildman–Crippen LogP) is 3.47. The average Bonchev–Trinajstić information content (AvgIpc) is 2.58. The van der Waals surface area contributed by atoms with Crippen LogP contribution in [0.2, 0.25) is 5.02 Å². The van der Waals surface area contributed by atoms with Crippen molar-refractivity contribution in [1.29, 1.82) is 0 Å². The molecule has 23 heavy (non-hydrogen) atoms. The molecule has 2 fully saturated rings. The molecule has 0 spiro atoms. The second-order valence-corrected chi connectivity index (χ2v) is 7.38. The molecule has 3 nitrogen and oxygen atoms in total. The van der Waals surface area contributed by atoms with E-state index in [4.69, 9.17) is 11.6 Å². The molecule has 3 rings (SSSR count). The minimum atomic E-state index is 0.0972. The van der Waals surface area contributed by atoms with Gasteiger partial charge in [-0.3, -0.25) is 4.79 Å². The van der Waals surface area contributed by atoms with Gasteiger partial charge in [0.25, 0.3) is 0 Å². The van der Waals surface area contributed by atoms with Crippen molar-refractivity contribution in [2.45, 2.75) is 25.7 Å². The van der Waals surface area contributed by atoms with Gasteiger partial charge in [0.05, 0.1) is 6.42 Å². The van der Waals surface area contributed by atoms with Crippen LogP contribution >= 0.6 is 11.6 Å². The highest BCUT2D eigenvalue weighted by Crippen LogP contribution is 2.32. The molecule has 1 aromatic carbocycles. The largest absolute Gasteiger partial charge is 0.342 e. The smallest absolute Gasteiger partial charge is 0.231 e. The molecule has 2 saturated heterocycles. The highest BCUT2D eigenvalue weighted by atomic mass is 35.5. The Hall–Kier alpha value is -1.06.